The van der Waals surface area contributed by atoms with Crippen LogP contribution in [-0.4, -0.2) is 41.5 Å². The molecular formula is C21H25ClN4O3. The Kier molecular flexibility index (Phi) is 5.98. The number of rotatable bonds is 4. The molecular weight excluding hydrogens is 392 g/mol. The van der Waals surface area contributed by atoms with Crippen molar-refractivity contribution in [3.8, 4) is 5.75 Å². The van der Waals surface area contributed by atoms with Gasteiger partial charge in [0.05, 0.1) is 16.4 Å². The number of halogens is 1. The number of ether oxygens (including phenoxy) is 1. The molecule has 0 unspecified atom stereocenters. The zero-order chi connectivity index (χ0) is 21.2. The molecule has 1 aromatic carbocycles. The molecule has 0 saturated heterocycles. The van der Waals surface area contributed by atoms with E-state index in [0.717, 1.165) is 5.69 Å². The van der Waals surface area contributed by atoms with Crippen molar-refractivity contribution in [3.05, 3.63) is 47.2 Å². The van der Waals surface area contributed by atoms with Crippen LogP contribution in [0.5, 0.6) is 5.75 Å². The largest absolute Gasteiger partial charge is 0.482 e. The third-order valence-corrected chi connectivity index (χ3v) is 5.17. The average molecular weight is 417 g/mol. The van der Waals surface area contributed by atoms with E-state index in [-0.39, 0.29) is 30.0 Å². The van der Waals surface area contributed by atoms with Crippen molar-refractivity contribution in [1.29, 1.82) is 0 Å². The lowest BCUT2D eigenvalue weighted by molar-refractivity contribution is -0.118. The summed E-state index contributed by atoms with van der Waals surface area (Å²) in [5.41, 5.74) is 1.66. The van der Waals surface area contributed by atoms with E-state index in [2.05, 4.69) is 36.4 Å². The molecule has 2 heterocycles. The molecule has 1 atom stereocenters. The van der Waals surface area contributed by atoms with Gasteiger partial charge in [-0.15, -0.1) is 0 Å². The molecule has 1 aliphatic rings. The number of pyridine rings is 1. The number of nitrogens with zero attached hydrogens (tertiary/aromatic N) is 2. The molecule has 154 valence electrons. The van der Waals surface area contributed by atoms with Gasteiger partial charge >= 0.3 is 6.03 Å². The SMILES string of the molecule is CN(C(=O)Nc1cc2c(cc1Cl)NC(=O)CO2)[C@@H](Cc1ccccn1)C(C)(C)C. The van der Waals surface area contributed by atoms with Crippen LogP contribution in [0.15, 0.2) is 36.5 Å². The van der Waals surface area contributed by atoms with Crippen molar-refractivity contribution < 1.29 is 14.3 Å². The van der Waals surface area contributed by atoms with Crippen LogP contribution in [0, 0.1) is 5.41 Å². The van der Waals surface area contributed by atoms with Gasteiger partial charge in [-0.25, -0.2) is 4.79 Å². The minimum absolute atomic E-state index is 0.0713. The molecule has 8 heteroatoms. The molecule has 1 aromatic heterocycles. The molecule has 3 amide bonds. The maximum absolute atomic E-state index is 13.0. The van der Waals surface area contributed by atoms with Gasteiger partial charge in [-0.05, 0) is 23.6 Å². The Hall–Kier alpha value is -2.80. The van der Waals surface area contributed by atoms with E-state index in [1.165, 1.54) is 0 Å². The second-order valence-electron chi connectivity index (χ2n) is 8.11. The lowest BCUT2D eigenvalue weighted by Crippen LogP contribution is -2.48. The summed E-state index contributed by atoms with van der Waals surface area (Å²) < 4.78 is 5.41. The van der Waals surface area contributed by atoms with E-state index in [4.69, 9.17) is 16.3 Å². The first-order chi connectivity index (χ1) is 13.6. The highest BCUT2D eigenvalue weighted by atomic mass is 35.5. The topological polar surface area (TPSA) is 83.6 Å². The molecule has 0 saturated carbocycles. The highest BCUT2D eigenvalue weighted by molar-refractivity contribution is 6.34. The molecule has 7 nitrogen and oxygen atoms in total. The number of carbonyl (C=O) groups is 2. The predicted octanol–water partition coefficient (Wildman–Crippen LogP) is 4.19. The van der Waals surface area contributed by atoms with Crippen LogP contribution in [0.2, 0.25) is 5.02 Å². The van der Waals surface area contributed by atoms with E-state index in [9.17, 15) is 9.59 Å². The van der Waals surface area contributed by atoms with Gasteiger partial charge in [-0.2, -0.15) is 0 Å². The first-order valence-corrected chi connectivity index (χ1v) is 9.73. The van der Waals surface area contributed by atoms with E-state index < -0.39 is 0 Å². The van der Waals surface area contributed by atoms with Crippen molar-refractivity contribution in [2.75, 3.05) is 24.3 Å². The van der Waals surface area contributed by atoms with Gasteiger partial charge < -0.3 is 20.3 Å². The van der Waals surface area contributed by atoms with Crippen molar-refractivity contribution in [2.24, 2.45) is 5.41 Å². The van der Waals surface area contributed by atoms with Crippen molar-refractivity contribution >= 4 is 34.9 Å². The Morgan fingerprint density at radius 2 is 2.14 bits per heavy atom. The molecule has 0 aliphatic carbocycles. The minimum atomic E-state index is -0.289. The number of amides is 3. The molecule has 0 spiro atoms. The van der Waals surface area contributed by atoms with E-state index in [1.807, 2.05) is 18.2 Å². The first kappa shape index (κ1) is 20.9. The lowest BCUT2D eigenvalue weighted by Gasteiger charge is -2.38. The molecule has 0 bridgehead atoms. The lowest BCUT2D eigenvalue weighted by atomic mass is 9.83. The summed E-state index contributed by atoms with van der Waals surface area (Å²) in [5.74, 6) is 0.223. The number of benzene rings is 1. The monoisotopic (exact) mass is 416 g/mol. The molecule has 29 heavy (non-hydrogen) atoms. The fourth-order valence-electron chi connectivity index (χ4n) is 3.28. The zero-order valence-corrected chi connectivity index (χ0v) is 17.7. The number of carbonyl (C=O) groups excluding carboxylic acids is 2. The fourth-order valence-corrected chi connectivity index (χ4v) is 3.49. The Morgan fingerprint density at radius 3 is 2.79 bits per heavy atom. The van der Waals surface area contributed by atoms with Gasteiger partial charge in [-0.3, -0.25) is 9.78 Å². The average Bonchev–Trinajstić information content (AvgIpc) is 2.66. The Bertz CT molecular complexity index is 912. The predicted molar refractivity (Wildman–Crippen MR) is 114 cm³/mol. The normalized spacial score (nSPS) is 14.3. The molecule has 0 radical (unpaired) electrons. The van der Waals surface area contributed by atoms with Gasteiger partial charge in [0.2, 0.25) is 0 Å². The summed E-state index contributed by atoms with van der Waals surface area (Å²) in [6.07, 6.45) is 2.38. The molecule has 0 fully saturated rings. The standard InChI is InChI=1S/C21H25ClN4O3/c1-21(2,3)18(9-13-7-5-6-8-23-13)26(4)20(28)25-15-11-17-16(10-14(15)22)24-19(27)12-29-17/h5-8,10-11,18H,9,12H2,1-4H3,(H,24,27)(H,25,28)/t18-/m0/s1. The van der Waals surface area contributed by atoms with Crippen LogP contribution in [0.3, 0.4) is 0 Å². The maximum Gasteiger partial charge on any atom is 0.321 e. The van der Waals surface area contributed by atoms with Crippen molar-refractivity contribution in [3.63, 3.8) is 0 Å². The van der Waals surface area contributed by atoms with Crippen molar-refractivity contribution in [2.45, 2.75) is 33.2 Å². The van der Waals surface area contributed by atoms with Crippen molar-refractivity contribution in [1.82, 2.24) is 9.88 Å². The Labute approximate surface area is 175 Å². The summed E-state index contributed by atoms with van der Waals surface area (Å²) >= 11 is 6.31. The van der Waals surface area contributed by atoms with E-state index in [0.29, 0.717) is 28.6 Å². The fraction of sp³-hybridized carbons (Fsp3) is 0.381. The van der Waals surface area contributed by atoms with Crippen LogP contribution >= 0.6 is 11.6 Å². The summed E-state index contributed by atoms with van der Waals surface area (Å²) in [6, 6.07) is 8.57. The second kappa shape index (κ2) is 8.29. The van der Waals surface area contributed by atoms with Crippen LogP contribution < -0.4 is 15.4 Å². The van der Waals surface area contributed by atoms with Gasteiger partial charge in [-0.1, -0.05) is 38.4 Å². The second-order valence-corrected chi connectivity index (χ2v) is 8.52. The first-order valence-electron chi connectivity index (χ1n) is 9.35. The van der Waals surface area contributed by atoms with E-state index >= 15 is 0 Å². The molecule has 1 aliphatic heterocycles. The number of hydrogen-bond donors (Lipinski definition) is 2. The van der Waals surface area contributed by atoms with Gasteiger partial charge in [0, 0.05) is 37.5 Å². The molecule has 3 rings (SSSR count). The minimum Gasteiger partial charge on any atom is -0.482 e. The number of nitrogens with one attached hydrogen (secondary N) is 2. The number of likely N-dealkylation sites (N-methyl/N-ethyl adjacent to an activating group) is 1. The van der Waals surface area contributed by atoms with Crippen LogP contribution in [0.25, 0.3) is 0 Å². The summed E-state index contributed by atoms with van der Waals surface area (Å²) in [7, 11) is 1.76. The Balaban J connectivity index is 1.78. The summed E-state index contributed by atoms with van der Waals surface area (Å²) in [6.45, 7) is 6.20. The highest BCUT2D eigenvalue weighted by Gasteiger charge is 2.32. The quantitative estimate of drug-likeness (QED) is 0.782. The highest BCUT2D eigenvalue weighted by Crippen LogP contribution is 2.36. The van der Waals surface area contributed by atoms with E-state index in [1.54, 1.807) is 30.3 Å². The zero-order valence-electron chi connectivity index (χ0n) is 17.0. The smallest absolute Gasteiger partial charge is 0.321 e. The summed E-state index contributed by atoms with van der Waals surface area (Å²) in [5, 5.41) is 5.86. The van der Waals surface area contributed by atoms with Gasteiger partial charge in [0.1, 0.15) is 5.75 Å². The number of anilines is 2. The van der Waals surface area contributed by atoms with Crippen LogP contribution in [-0.2, 0) is 11.2 Å². The van der Waals surface area contributed by atoms with Gasteiger partial charge in [0.25, 0.3) is 5.91 Å². The molecule has 2 aromatic rings. The summed E-state index contributed by atoms with van der Waals surface area (Å²) in [4.78, 5) is 30.5. The van der Waals surface area contributed by atoms with Gasteiger partial charge in [0.15, 0.2) is 6.61 Å². The number of hydrogen-bond acceptors (Lipinski definition) is 4. The number of fused-ring (bicyclic) bond motifs is 1. The Morgan fingerprint density at radius 1 is 1.38 bits per heavy atom. The van der Waals surface area contributed by atoms with Crippen LogP contribution in [0.4, 0.5) is 16.2 Å². The third kappa shape index (κ3) is 4.98. The molecule has 2 N–H and O–H groups in total. The third-order valence-electron chi connectivity index (χ3n) is 4.86. The maximum atomic E-state index is 13.0. The van der Waals surface area contributed by atoms with Crippen LogP contribution in [0.1, 0.15) is 26.5 Å². The number of aromatic nitrogens is 1. The number of urea groups is 1.